The molecule has 2 bridgehead atoms. The molecule has 5 aromatic heterocycles. The van der Waals surface area contributed by atoms with Crippen molar-refractivity contribution in [3.8, 4) is 28.7 Å². The van der Waals surface area contributed by atoms with Crippen molar-refractivity contribution in [2.45, 2.75) is 77.6 Å². The number of carbonyl (C=O) groups excluding carboxylic acids is 2. The topological polar surface area (TPSA) is 146 Å². The summed E-state index contributed by atoms with van der Waals surface area (Å²) >= 11 is 0. The third-order valence-corrected chi connectivity index (χ3v) is 14.0. The van der Waals surface area contributed by atoms with E-state index in [1.54, 1.807) is 24.0 Å². The van der Waals surface area contributed by atoms with Crippen molar-refractivity contribution >= 4 is 33.4 Å². The molecule has 340 valence electrons. The first-order chi connectivity index (χ1) is 31.7. The zero-order valence-corrected chi connectivity index (χ0v) is 36.3. The molecular formula is C50H46F6N8O2. The number of nitriles is 1. The first kappa shape index (κ1) is 44.6. The Balaban J connectivity index is 0.000000169. The van der Waals surface area contributed by atoms with Gasteiger partial charge in [-0.2, -0.15) is 5.26 Å². The fourth-order valence-corrected chi connectivity index (χ4v) is 11.0. The summed E-state index contributed by atoms with van der Waals surface area (Å²) in [5.41, 5.74) is 2.09. The number of nitrogens with one attached hydrogen (secondary N) is 2. The summed E-state index contributed by atoms with van der Waals surface area (Å²) in [5, 5.41) is 10.1. The first-order valence-electron chi connectivity index (χ1n) is 22.3. The van der Waals surface area contributed by atoms with Crippen molar-refractivity contribution in [1.82, 2.24) is 34.5 Å². The van der Waals surface area contributed by atoms with E-state index in [1.165, 1.54) is 24.5 Å². The quantitative estimate of drug-likeness (QED) is 0.103. The smallest absolute Gasteiger partial charge is 0.183 e. The van der Waals surface area contributed by atoms with E-state index >= 15 is 0 Å². The summed E-state index contributed by atoms with van der Waals surface area (Å²) in [4.78, 5) is 47.6. The van der Waals surface area contributed by atoms with Crippen LogP contribution in [0.25, 0.3) is 44.5 Å². The molecule has 7 aromatic rings. The lowest BCUT2D eigenvalue weighted by atomic mass is 9.56. The molecule has 0 amide bonds. The number of H-pyrrole nitrogens is 2. The average molecular weight is 905 g/mol. The molecule has 4 aliphatic rings. The van der Waals surface area contributed by atoms with E-state index in [4.69, 9.17) is 0 Å². The Labute approximate surface area is 375 Å². The van der Waals surface area contributed by atoms with Gasteiger partial charge in [0.1, 0.15) is 46.6 Å². The van der Waals surface area contributed by atoms with Crippen LogP contribution in [0, 0.1) is 81.7 Å². The van der Waals surface area contributed by atoms with Gasteiger partial charge in [0.2, 0.25) is 0 Å². The molecule has 0 saturated heterocycles. The number of Topliss-reactive ketones (excluding diaryl/α,β-unsaturated/α-hetero) is 2. The van der Waals surface area contributed by atoms with Crippen LogP contribution in [-0.4, -0.2) is 46.0 Å². The lowest BCUT2D eigenvalue weighted by Crippen LogP contribution is -2.44. The maximum absolute atomic E-state index is 15.0. The Morgan fingerprint density at radius 3 is 2.05 bits per heavy atom. The van der Waals surface area contributed by atoms with Crippen molar-refractivity contribution in [3.63, 3.8) is 0 Å². The number of benzene rings is 2. The minimum absolute atomic E-state index is 0.00464. The Hall–Kier alpha value is -6.63. The third-order valence-electron chi connectivity index (χ3n) is 14.0. The van der Waals surface area contributed by atoms with E-state index in [9.17, 15) is 41.2 Å². The van der Waals surface area contributed by atoms with Crippen LogP contribution in [0.3, 0.4) is 0 Å². The summed E-state index contributed by atoms with van der Waals surface area (Å²) in [6.45, 7) is 1.63. The zero-order chi connectivity index (χ0) is 46.4. The second-order valence-corrected chi connectivity index (χ2v) is 18.3. The van der Waals surface area contributed by atoms with Crippen molar-refractivity contribution < 1.29 is 35.9 Å². The second-order valence-electron chi connectivity index (χ2n) is 18.3. The number of imidazole rings is 1. The fourth-order valence-electron chi connectivity index (χ4n) is 11.0. The third kappa shape index (κ3) is 8.87. The highest BCUT2D eigenvalue weighted by atomic mass is 19.2. The van der Waals surface area contributed by atoms with Gasteiger partial charge in [0.05, 0.1) is 46.2 Å². The highest BCUT2D eigenvalue weighted by Gasteiger charge is 2.46. The molecule has 66 heavy (non-hydrogen) atoms. The van der Waals surface area contributed by atoms with Gasteiger partial charge < -0.3 is 14.5 Å². The minimum atomic E-state index is -0.759. The SMILES string of the molecule is CC(=O)[C@H]1C2CCC(CC2)[C@@H]1Cc1nc(-c2c[nH]c3c(F)cc(F)cc23)ncc1F.Cn1cnc(C(=O)C[C@@H]2CCC[C@H](Cc3nc(-c4c[nH]c5c(F)cc(F)cc45)c(C#N)cc3F)C2)c1. The molecule has 2 aromatic carbocycles. The molecule has 4 atom stereocenters. The standard InChI is InChI=1S/C27H24F3N5O.C23H22F3N3O/c1-35-13-24(33-14-35)25(36)7-16-4-2-3-15(5-16)6-23-21(29)8-17(11-31)26(34-23)20-12-32-27-19(20)9-18(28)10-22(27)30;1-11(30)21-13-4-2-12(3-5-13)15(21)8-20-19(26)10-28-23(29-20)17-9-27-22-16(17)6-14(24)7-18(22)25/h8-10,12-16,32H,2-7H2,1H3;6-7,9-10,12-13,15,21,27H,2-5,8H2,1H3/t15-,16+;12?,13?,15-,21-/m00/s1. The van der Waals surface area contributed by atoms with Crippen molar-refractivity contribution in [3.05, 3.63) is 119 Å². The molecule has 10 nitrogen and oxygen atoms in total. The van der Waals surface area contributed by atoms with E-state index in [1.807, 2.05) is 13.1 Å². The number of ketones is 2. The number of aromatic amines is 2. The molecule has 2 N–H and O–H groups in total. The number of fused-ring (bicyclic) bond motifs is 5. The van der Waals surface area contributed by atoms with Crippen molar-refractivity contribution in [2.24, 2.45) is 42.6 Å². The number of hydrogen-bond acceptors (Lipinski definition) is 7. The normalized spacial score (nSPS) is 21.4. The number of halogens is 6. The molecule has 4 aliphatic carbocycles. The van der Waals surface area contributed by atoms with Crippen molar-refractivity contribution in [1.29, 1.82) is 5.26 Å². The summed E-state index contributed by atoms with van der Waals surface area (Å²) in [6, 6.07) is 7.04. The highest BCUT2D eigenvalue weighted by molar-refractivity contribution is 5.96. The largest absolute Gasteiger partial charge is 0.358 e. The van der Waals surface area contributed by atoms with Crippen LogP contribution in [0.5, 0.6) is 0 Å². The van der Waals surface area contributed by atoms with Gasteiger partial charge in [0, 0.05) is 72.0 Å². The van der Waals surface area contributed by atoms with E-state index in [0.717, 1.165) is 75.8 Å². The van der Waals surface area contributed by atoms with Crippen LogP contribution in [0.1, 0.15) is 92.2 Å². The maximum Gasteiger partial charge on any atom is 0.183 e. The Kier molecular flexibility index (Phi) is 12.4. The second kappa shape index (κ2) is 18.3. The fraction of sp³-hybridized carbons (Fsp3) is 0.380. The summed E-state index contributed by atoms with van der Waals surface area (Å²) < 4.78 is 87.2. The van der Waals surface area contributed by atoms with Gasteiger partial charge in [0.15, 0.2) is 17.4 Å². The number of carbonyl (C=O) groups is 2. The van der Waals surface area contributed by atoms with Crippen LogP contribution < -0.4 is 0 Å². The van der Waals surface area contributed by atoms with Crippen molar-refractivity contribution in [2.75, 3.05) is 0 Å². The predicted octanol–water partition coefficient (Wildman–Crippen LogP) is 11.1. The van der Waals surface area contributed by atoms with Gasteiger partial charge in [-0.25, -0.2) is 46.3 Å². The zero-order valence-electron chi connectivity index (χ0n) is 36.3. The van der Waals surface area contributed by atoms with Crippen LogP contribution in [0.2, 0.25) is 0 Å². The maximum atomic E-state index is 15.0. The lowest BCUT2D eigenvalue weighted by Gasteiger charge is -2.47. The van der Waals surface area contributed by atoms with Gasteiger partial charge in [-0.15, -0.1) is 0 Å². The van der Waals surface area contributed by atoms with Gasteiger partial charge >= 0.3 is 0 Å². The molecule has 11 rings (SSSR count). The number of rotatable bonds is 10. The number of hydrogen-bond donors (Lipinski definition) is 2. The first-order valence-corrected chi connectivity index (χ1v) is 22.3. The molecule has 16 heteroatoms. The number of aromatic nitrogens is 7. The summed E-state index contributed by atoms with van der Waals surface area (Å²) in [5.74, 6) is -2.53. The monoisotopic (exact) mass is 904 g/mol. The van der Waals surface area contributed by atoms with Gasteiger partial charge in [-0.3, -0.25) is 9.59 Å². The summed E-state index contributed by atoms with van der Waals surface area (Å²) in [7, 11) is 1.82. The minimum Gasteiger partial charge on any atom is -0.358 e. The highest BCUT2D eigenvalue weighted by Crippen LogP contribution is 2.50. The molecule has 5 heterocycles. The Morgan fingerprint density at radius 1 is 0.758 bits per heavy atom. The van der Waals surface area contributed by atoms with Crippen LogP contribution in [0.15, 0.2) is 61.4 Å². The van der Waals surface area contributed by atoms with Crippen LogP contribution in [0.4, 0.5) is 26.3 Å². The molecule has 0 aliphatic heterocycles. The van der Waals surface area contributed by atoms with Gasteiger partial charge in [0.25, 0.3) is 0 Å². The van der Waals surface area contributed by atoms with Crippen LogP contribution >= 0.6 is 0 Å². The van der Waals surface area contributed by atoms with Crippen LogP contribution in [-0.2, 0) is 24.7 Å². The summed E-state index contributed by atoms with van der Waals surface area (Å²) in [6.07, 6.45) is 16.3. The average Bonchev–Trinajstić information content (AvgIpc) is 4.05. The number of pyridine rings is 1. The van der Waals surface area contributed by atoms with E-state index < -0.39 is 34.9 Å². The molecule has 0 unspecified atom stereocenters. The predicted molar refractivity (Wildman–Crippen MR) is 233 cm³/mol. The molecule has 0 radical (unpaired) electrons. The lowest BCUT2D eigenvalue weighted by molar-refractivity contribution is -0.130. The van der Waals surface area contributed by atoms with E-state index in [2.05, 4.69) is 29.9 Å². The number of nitrogens with zero attached hydrogens (tertiary/aromatic N) is 6. The molecule has 0 spiro atoms. The van der Waals surface area contributed by atoms with Gasteiger partial charge in [-0.05, 0) is 106 Å². The Bertz CT molecular complexity index is 3040. The number of aryl methyl sites for hydroxylation is 1. The Morgan fingerprint density at radius 2 is 1.39 bits per heavy atom. The molecule has 4 saturated carbocycles. The molecular weight excluding hydrogens is 859 g/mol. The molecule has 4 fully saturated rings. The van der Waals surface area contributed by atoms with Gasteiger partial charge in [-0.1, -0.05) is 12.8 Å². The van der Waals surface area contributed by atoms with E-state index in [0.29, 0.717) is 53.3 Å². The van der Waals surface area contributed by atoms with E-state index in [-0.39, 0.29) is 80.1 Å².